The molecule has 0 aliphatic carbocycles. The number of thioether (sulfide) groups is 1. The molecule has 3 amide bonds. The third-order valence-electron chi connectivity index (χ3n) is 6.71. The molecule has 0 bridgehead atoms. The average molecular weight is 574 g/mol. The second kappa shape index (κ2) is 11.5. The number of methoxy groups -OCH3 is 2. The van der Waals surface area contributed by atoms with Crippen LogP contribution in [-0.4, -0.2) is 54.3 Å². The van der Waals surface area contributed by atoms with E-state index in [2.05, 4.69) is 5.32 Å². The Hall–Kier alpha value is -4.15. The van der Waals surface area contributed by atoms with Crippen LogP contribution in [0, 0.1) is 6.92 Å². The van der Waals surface area contributed by atoms with Crippen LogP contribution in [0.1, 0.15) is 16.7 Å². The number of carbonyl (C=O) groups is 3. The van der Waals surface area contributed by atoms with E-state index >= 15 is 0 Å². The van der Waals surface area contributed by atoms with Crippen LogP contribution in [0.4, 0.5) is 11.4 Å². The van der Waals surface area contributed by atoms with Crippen LogP contribution in [-0.2, 0) is 20.8 Å². The van der Waals surface area contributed by atoms with Crippen LogP contribution in [0.25, 0.3) is 5.57 Å². The van der Waals surface area contributed by atoms with Crippen LogP contribution in [0.15, 0.2) is 71.6 Å². The number of hydrogen-bond donors (Lipinski definition) is 1. The quantitative estimate of drug-likeness (QED) is 0.306. The number of aryl methyl sites for hydroxylation is 1. The Morgan fingerprint density at radius 3 is 2.38 bits per heavy atom. The van der Waals surface area contributed by atoms with E-state index in [1.165, 1.54) is 9.80 Å². The van der Waals surface area contributed by atoms with Crippen LogP contribution in [0.2, 0.25) is 0 Å². The molecule has 1 N–H and O–H groups in total. The number of thiocarbonyl (C=S) groups is 1. The summed E-state index contributed by atoms with van der Waals surface area (Å²) >= 11 is 6.67. The van der Waals surface area contributed by atoms with Gasteiger partial charge in [-0.3, -0.25) is 24.2 Å². The van der Waals surface area contributed by atoms with E-state index in [1.54, 1.807) is 38.5 Å². The molecule has 3 aromatic rings. The van der Waals surface area contributed by atoms with E-state index in [0.29, 0.717) is 45.7 Å². The zero-order valence-electron chi connectivity index (χ0n) is 22.2. The highest BCUT2D eigenvalue weighted by Gasteiger charge is 2.42. The molecule has 204 valence electrons. The largest absolute Gasteiger partial charge is 0.493 e. The molecule has 0 spiro atoms. The van der Waals surface area contributed by atoms with Gasteiger partial charge in [-0.2, -0.15) is 0 Å². The van der Waals surface area contributed by atoms with Crippen LogP contribution in [0.5, 0.6) is 11.5 Å². The summed E-state index contributed by atoms with van der Waals surface area (Å²) in [7, 11) is 3.15. The minimum Gasteiger partial charge on any atom is -0.493 e. The molecule has 0 radical (unpaired) electrons. The SMILES string of the molecule is COc1ccc(CCN2C(=O)/C(=C3/C(=O)N(CC(=O)Nc4ccc(C)cc4)c4ccccc43)SC2=S)cc1OC. The minimum atomic E-state index is -0.402. The molecule has 3 aromatic carbocycles. The highest BCUT2D eigenvalue weighted by molar-refractivity contribution is 8.26. The summed E-state index contributed by atoms with van der Waals surface area (Å²) in [5.74, 6) is 0.167. The van der Waals surface area contributed by atoms with Gasteiger partial charge in [0.25, 0.3) is 11.8 Å². The number of fused-ring (bicyclic) bond motifs is 1. The summed E-state index contributed by atoms with van der Waals surface area (Å²) in [6.45, 7) is 2.12. The lowest BCUT2D eigenvalue weighted by atomic mass is 10.1. The molecule has 2 heterocycles. The Labute approximate surface area is 241 Å². The molecule has 1 saturated heterocycles. The smallest absolute Gasteiger partial charge is 0.267 e. The van der Waals surface area contributed by atoms with Crippen molar-refractivity contribution in [3.05, 3.63) is 88.3 Å². The summed E-state index contributed by atoms with van der Waals surface area (Å²) < 4.78 is 11.1. The molecule has 5 rings (SSSR count). The van der Waals surface area contributed by atoms with E-state index < -0.39 is 5.91 Å². The lowest BCUT2D eigenvalue weighted by molar-refractivity contribution is -0.122. The van der Waals surface area contributed by atoms with Gasteiger partial charge in [0, 0.05) is 17.8 Å². The van der Waals surface area contributed by atoms with Gasteiger partial charge in [-0.05, 0) is 49.2 Å². The standard InChI is InChI=1S/C30H27N3O5S2/c1-18-8-11-20(12-9-18)31-25(34)17-33-22-7-5-4-6-21(22)26(28(33)35)27-29(36)32(30(39)40-27)15-14-19-10-13-23(37-2)24(16-19)38-3/h4-13,16H,14-15,17H2,1-3H3,(H,31,34)/b27-26-. The molecule has 0 aromatic heterocycles. The monoisotopic (exact) mass is 573 g/mol. The van der Waals surface area contributed by atoms with Crippen LogP contribution < -0.4 is 19.7 Å². The second-order valence-corrected chi connectivity index (χ2v) is 10.9. The molecule has 40 heavy (non-hydrogen) atoms. The molecule has 2 aliphatic heterocycles. The summed E-state index contributed by atoms with van der Waals surface area (Å²) in [6, 6.07) is 20.2. The normalized spacial score (nSPS) is 16.4. The number of amides is 3. The van der Waals surface area contributed by atoms with Gasteiger partial charge in [-0.15, -0.1) is 0 Å². The molecule has 0 saturated carbocycles. The molecule has 0 unspecified atom stereocenters. The van der Waals surface area contributed by atoms with Crippen molar-refractivity contribution in [2.45, 2.75) is 13.3 Å². The maximum Gasteiger partial charge on any atom is 0.267 e. The van der Waals surface area contributed by atoms with Gasteiger partial charge in [0.15, 0.2) is 11.5 Å². The predicted molar refractivity (Wildman–Crippen MR) is 161 cm³/mol. The molecule has 2 aliphatic rings. The Morgan fingerprint density at radius 1 is 0.925 bits per heavy atom. The zero-order valence-corrected chi connectivity index (χ0v) is 23.9. The van der Waals surface area contributed by atoms with Gasteiger partial charge in [0.05, 0.1) is 30.4 Å². The van der Waals surface area contributed by atoms with Crippen molar-refractivity contribution in [3.8, 4) is 11.5 Å². The number of rotatable bonds is 8. The van der Waals surface area contributed by atoms with Gasteiger partial charge in [-0.1, -0.05) is 65.9 Å². The lowest BCUT2D eigenvalue weighted by Crippen LogP contribution is -2.35. The van der Waals surface area contributed by atoms with Gasteiger partial charge in [0.2, 0.25) is 5.91 Å². The Kier molecular flexibility index (Phi) is 7.90. The van der Waals surface area contributed by atoms with Gasteiger partial charge in [-0.25, -0.2) is 0 Å². The number of benzene rings is 3. The topological polar surface area (TPSA) is 88.2 Å². The predicted octanol–water partition coefficient (Wildman–Crippen LogP) is 4.81. The number of para-hydroxylation sites is 1. The molecular formula is C30H27N3O5S2. The Bertz CT molecular complexity index is 1550. The molecule has 8 nitrogen and oxygen atoms in total. The van der Waals surface area contributed by atoms with E-state index in [-0.39, 0.29) is 28.8 Å². The second-order valence-electron chi connectivity index (χ2n) is 9.29. The third-order valence-corrected chi connectivity index (χ3v) is 8.16. The first-order valence-corrected chi connectivity index (χ1v) is 13.8. The Morgan fingerprint density at radius 2 is 1.65 bits per heavy atom. The first kappa shape index (κ1) is 27.4. The van der Waals surface area contributed by atoms with Crippen LogP contribution in [0.3, 0.4) is 0 Å². The van der Waals surface area contributed by atoms with Crippen molar-refractivity contribution < 1.29 is 23.9 Å². The number of anilines is 2. The first-order valence-electron chi connectivity index (χ1n) is 12.6. The number of nitrogens with one attached hydrogen (secondary N) is 1. The fraction of sp³-hybridized carbons (Fsp3) is 0.200. The number of hydrogen-bond acceptors (Lipinski definition) is 7. The number of carbonyl (C=O) groups excluding carboxylic acids is 3. The molecule has 10 heteroatoms. The number of ether oxygens (including phenoxy) is 2. The fourth-order valence-electron chi connectivity index (χ4n) is 4.66. The van der Waals surface area contributed by atoms with Gasteiger partial charge >= 0.3 is 0 Å². The van der Waals surface area contributed by atoms with E-state index in [1.807, 2.05) is 49.4 Å². The van der Waals surface area contributed by atoms with E-state index in [0.717, 1.165) is 22.9 Å². The van der Waals surface area contributed by atoms with E-state index in [4.69, 9.17) is 21.7 Å². The van der Waals surface area contributed by atoms with Crippen molar-refractivity contribution in [1.82, 2.24) is 4.90 Å². The third kappa shape index (κ3) is 5.32. The van der Waals surface area contributed by atoms with E-state index in [9.17, 15) is 14.4 Å². The van der Waals surface area contributed by atoms with Gasteiger partial charge < -0.3 is 14.8 Å². The summed E-state index contributed by atoms with van der Waals surface area (Å²) in [4.78, 5) is 43.3. The minimum absolute atomic E-state index is 0.188. The van der Waals surface area contributed by atoms with Crippen molar-refractivity contribution >= 4 is 63.0 Å². The zero-order chi connectivity index (χ0) is 28.4. The van der Waals surface area contributed by atoms with Crippen molar-refractivity contribution in [2.24, 2.45) is 0 Å². The van der Waals surface area contributed by atoms with Crippen molar-refractivity contribution in [2.75, 3.05) is 37.5 Å². The summed E-state index contributed by atoms with van der Waals surface area (Å²) in [5.41, 5.74) is 4.13. The van der Waals surface area contributed by atoms with Gasteiger partial charge in [0.1, 0.15) is 10.9 Å². The Balaban J connectivity index is 1.36. The molecule has 1 fully saturated rings. The highest BCUT2D eigenvalue weighted by Crippen LogP contribution is 2.44. The summed E-state index contributed by atoms with van der Waals surface area (Å²) in [6.07, 6.45) is 0.533. The molecule has 0 atom stereocenters. The highest BCUT2D eigenvalue weighted by atomic mass is 32.2. The maximum absolute atomic E-state index is 13.7. The lowest BCUT2D eigenvalue weighted by Gasteiger charge is -2.17. The summed E-state index contributed by atoms with van der Waals surface area (Å²) in [5, 5.41) is 2.84. The van der Waals surface area contributed by atoms with Crippen molar-refractivity contribution in [1.29, 1.82) is 0 Å². The first-order chi connectivity index (χ1) is 19.3. The van der Waals surface area contributed by atoms with Crippen molar-refractivity contribution in [3.63, 3.8) is 0 Å². The fourth-order valence-corrected chi connectivity index (χ4v) is 6.04. The molecular weight excluding hydrogens is 546 g/mol. The number of nitrogens with zero attached hydrogens (tertiary/aromatic N) is 2. The average Bonchev–Trinajstić information content (AvgIpc) is 3.39. The maximum atomic E-state index is 13.7. The van der Waals surface area contributed by atoms with Crippen LogP contribution >= 0.6 is 24.0 Å².